The molecule has 0 fully saturated rings. The summed E-state index contributed by atoms with van der Waals surface area (Å²) in [6, 6.07) is 9.78. The Morgan fingerprint density at radius 1 is 1.16 bits per heavy atom. The number of benzene rings is 1. The van der Waals surface area contributed by atoms with E-state index in [9.17, 15) is 8.78 Å². The van der Waals surface area contributed by atoms with Gasteiger partial charge in [-0.05, 0) is 44.2 Å². The lowest BCUT2D eigenvalue weighted by Crippen LogP contribution is -2.21. The summed E-state index contributed by atoms with van der Waals surface area (Å²) in [5, 5.41) is 3.09. The van der Waals surface area contributed by atoms with Crippen molar-refractivity contribution in [3.63, 3.8) is 0 Å². The number of hydrogen-bond donors (Lipinski definition) is 1. The first kappa shape index (κ1) is 13.6. The van der Waals surface area contributed by atoms with Crippen molar-refractivity contribution < 1.29 is 8.78 Å². The minimum atomic E-state index is -0.815. The minimum absolute atomic E-state index is 0.142. The monoisotopic (exact) mass is 262 g/mol. The van der Waals surface area contributed by atoms with Crippen molar-refractivity contribution in [1.29, 1.82) is 0 Å². The van der Waals surface area contributed by atoms with E-state index in [4.69, 9.17) is 0 Å². The average Bonchev–Trinajstić information content (AvgIpc) is 2.40. The van der Waals surface area contributed by atoms with Crippen molar-refractivity contribution in [2.75, 3.05) is 7.05 Å². The van der Waals surface area contributed by atoms with Gasteiger partial charge >= 0.3 is 0 Å². The van der Waals surface area contributed by atoms with Crippen LogP contribution in [0.1, 0.15) is 23.0 Å². The summed E-state index contributed by atoms with van der Waals surface area (Å²) in [6.07, 6.45) is 0.358. The summed E-state index contributed by atoms with van der Waals surface area (Å²) < 4.78 is 26.9. The number of likely N-dealkylation sites (N-methyl/N-ethyl adjacent to an activating group) is 1. The maximum Gasteiger partial charge on any atom is 0.162 e. The number of halogens is 2. The SMILES string of the molecule is CNC(Cc1cccc(F)c1F)c1cccc(C)n1. The van der Waals surface area contributed by atoms with Gasteiger partial charge in [0, 0.05) is 5.69 Å². The zero-order chi connectivity index (χ0) is 13.8. The van der Waals surface area contributed by atoms with Crippen molar-refractivity contribution in [2.45, 2.75) is 19.4 Å². The number of aromatic nitrogens is 1. The van der Waals surface area contributed by atoms with E-state index in [-0.39, 0.29) is 6.04 Å². The van der Waals surface area contributed by atoms with E-state index in [1.807, 2.05) is 25.1 Å². The van der Waals surface area contributed by atoms with E-state index >= 15 is 0 Å². The van der Waals surface area contributed by atoms with Gasteiger partial charge in [-0.1, -0.05) is 18.2 Å². The van der Waals surface area contributed by atoms with Gasteiger partial charge in [0.2, 0.25) is 0 Å². The summed E-state index contributed by atoms with van der Waals surface area (Å²) in [4.78, 5) is 4.41. The third-order valence-electron chi connectivity index (χ3n) is 3.07. The molecule has 1 aromatic carbocycles. The fourth-order valence-electron chi connectivity index (χ4n) is 2.04. The van der Waals surface area contributed by atoms with Crippen LogP contribution >= 0.6 is 0 Å². The zero-order valence-electron chi connectivity index (χ0n) is 11.0. The third-order valence-corrected chi connectivity index (χ3v) is 3.07. The topological polar surface area (TPSA) is 24.9 Å². The second-order valence-electron chi connectivity index (χ2n) is 4.46. The molecule has 0 aliphatic carbocycles. The normalized spacial score (nSPS) is 12.4. The summed E-state index contributed by atoms with van der Waals surface area (Å²) >= 11 is 0. The van der Waals surface area contributed by atoms with Crippen LogP contribution in [0.25, 0.3) is 0 Å². The molecule has 0 aliphatic heterocycles. The van der Waals surface area contributed by atoms with Crippen LogP contribution in [-0.4, -0.2) is 12.0 Å². The Kier molecular flexibility index (Phi) is 4.22. The molecule has 0 amide bonds. The molecule has 2 rings (SSSR count). The van der Waals surface area contributed by atoms with Crippen molar-refractivity contribution in [3.05, 3.63) is 65.0 Å². The molecule has 1 heterocycles. The quantitative estimate of drug-likeness (QED) is 0.915. The molecule has 100 valence electrons. The lowest BCUT2D eigenvalue weighted by molar-refractivity contribution is 0.484. The molecule has 1 aromatic heterocycles. The van der Waals surface area contributed by atoms with Crippen molar-refractivity contribution in [3.8, 4) is 0 Å². The Hall–Kier alpha value is -1.81. The van der Waals surface area contributed by atoms with Crippen molar-refractivity contribution in [2.24, 2.45) is 0 Å². The largest absolute Gasteiger partial charge is 0.311 e. The highest BCUT2D eigenvalue weighted by atomic mass is 19.2. The first-order valence-electron chi connectivity index (χ1n) is 6.15. The molecule has 2 nitrogen and oxygen atoms in total. The summed E-state index contributed by atoms with van der Waals surface area (Å²) in [6.45, 7) is 1.90. The Bertz CT molecular complexity index is 570. The van der Waals surface area contributed by atoms with Crippen LogP contribution in [0.4, 0.5) is 8.78 Å². The molecular formula is C15H16F2N2. The molecule has 1 N–H and O–H groups in total. The summed E-state index contributed by atoms with van der Waals surface area (Å²) in [5.41, 5.74) is 2.08. The first-order chi connectivity index (χ1) is 9.11. The highest BCUT2D eigenvalue weighted by Gasteiger charge is 2.15. The predicted molar refractivity (Wildman–Crippen MR) is 70.8 cm³/mol. The Morgan fingerprint density at radius 2 is 1.89 bits per heavy atom. The Balaban J connectivity index is 2.26. The summed E-state index contributed by atoms with van der Waals surface area (Å²) in [7, 11) is 1.78. The van der Waals surface area contributed by atoms with Gasteiger partial charge < -0.3 is 5.32 Å². The number of hydrogen-bond acceptors (Lipinski definition) is 2. The van der Waals surface area contributed by atoms with Crippen molar-refractivity contribution >= 4 is 0 Å². The van der Waals surface area contributed by atoms with Crippen LogP contribution < -0.4 is 5.32 Å². The van der Waals surface area contributed by atoms with Crippen molar-refractivity contribution in [1.82, 2.24) is 10.3 Å². The molecule has 0 saturated heterocycles. The number of nitrogens with one attached hydrogen (secondary N) is 1. The lowest BCUT2D eigenvalue weighted by atomic mass is 10.0. The molecule has 19 heavy (non-hydrogen) atoms. The molecule has 0 spiro atoms. The second kappa shape index (κ2) is 5.89. The fraction of sp³-hybridized carbons (Fsp3) is 0.267. The Labute approximate surface area is 111 Å². The van der Waals surface area contributed by atoms with E-state index in [0.29, 0.717) is 12.0 Å². The van der Waals surface area contributed by atoms with E-state index in [0.717, 1.165) is 17.5 Å². The molecule has 2 aromatic rings. The number of aryl methyl sites for hydroxylation is 1. The van der Waals surface area contributed by atoms with Crippen LogP contribution in [0, 0.1) is 18.6 Å². The molecule has 0 aliphatic rings. The predicted octanol–water partition coefficient (Wildman–Crippen LogP) is 3.17. The van der Waals surface area contributed by atoms with Crippen LogP contribution in [-0.2, 0) is 6.42 Å². The van der Waals surface area contributed by atoms with Gasteiger partial charge in [-0.3, -0.25) is 4.98 Å². The molecule has 4 heteroatoms. The highest BCUT2D eigenvalue weighted by Crippen LogP contribution is 2.20. The maximum absolute atomic E-state index is 13.7. The molecule has 0 saturated carbocycles. The maximum atomic E-state index is 13.7. The average molecular weight is 262 g/mol. The standard InChI is InChI=1S/C15H16F2N2/c1-10-5-3-8-13(19-10)14(18-2)9-11-6-4-7-12(16)15(11)17/h3-8,14,18H,9H2,1-2H3. The van der Waals surface area contributed by atoms with E-state index in [2.05, 4.69) is 10.3 Å². The van der Waals surface area contributed by atoms with Gasteiger partial charge in [0.1, 0.15) is 0 Å². The van der Waals surface area contributed by atoms with Crippen LogP contribution in [0.2, 0.25) is 0 Å². The van der Waals surface area contributed by atoms with Crippen LogP contribution in [0.3, 0.4) is 0 Å². The molecule has 0 radical (unpaired) electrons. The summed E-state index contributed by atoms with van der Waals surface area (Å²) in [5.74, 6) is -1.60. The van der Waals surface area contributed by atoms with Gasteiger partial charge in [-0.15, -0.1) is 0 Å². The van der Waals surface area contributed by atoms with E-state index in [1.54, 1.807) is 13.1 Å². The molecule has 0 bridgehead atoms. The van der Waals surface area contributed by atoms with E-state index < -0.39 is 11.6 Å². The Morgan fingerprint density at radius 3 is 2.58 bits per heavy atom. The molecule has 1 atom stereocenters. The van der Waals surface area contributed by atoms with Gasteiger partial charge in [-0.2, -0.15) is 0 Å². The molecular weight excluding hydrogens is 246 g/mol. The van der Waals surface area contributed by atoms with Gasteiger partial charge in [0.25, 0.3) is 0 Å². The minimum Gasteiger partial charge on any atom is -0.311 e. The molecule has 1 unspecified atom stereocenters. The third kappa shape index (κ3) is 3.15. The van der Waals surface area contributed by atoms with Gasteiger partial charge in [0.15, 0.2) is 11.6 Å². The van der Waals surface area contributed by atoms with Gasteiger partial charge in [0.05, 0.1) is 11.7 Å². The van der Waals surface area contributed by atoms with Crippen LogP contribution in [0.5, 0.6) is 0 Å². The zero-order valence-corrected chi connectivity index (χ0v) is 11.0. The second-order valence-corrected chi connectivity index (χ2v) is 4.46. The number of rotatable bonds is 4. The van der Waals surface area contributed by atoms with E-state index in [1.165, 1.54) is 6.07 Å². The van der Waals surface area contributed by atoms with Crippen LogP contribution in [0.15, 0.2) is 36.4 Å². The lowest BCUT2D eigenvalue weighted by Gasteiger charge is -2.16. The fourth-order valence-corrected chi connectivity index (χ4v) is 2.04. The number of pyridine rings is 1. The number of nitrogens with zero attached hydrogens (tertiary/aromatic N) is 1. The highest BCUT2D eigenvalue weighted by molar-refractivity contribution is 5.23. The first-order valence-corrected chi connectivity index (χ1v) is 6.15. The van der Waals surface area contributed by atoms with Gasteiger partial charge in [-0.25, -0.2) is 8.78 Å². The smallest absolute Gasteiger partial charge is 0.162 e.